The van der Waals surface area contributed by atoms with Crippen LogP contribution in [-0.4, -0.2) is 9.91 Å². The van der Waals surface area contributed by atoms with Gasteiger partial charge in [0.1, 0.15) is 11.5 Å². The molecule has 0 fully saturated rings. The van der Waals surface area contributed by atoms with E-state index < -0.39 is 4.92 Å². The highest BCUT2D eigenvalue weighted by atomic mass is 35.5. The fraction of sp³-hybridized carbons (Fsp3) is 0.0833. The number of nitro benzene ring substituents is 1. The van der Waals surface area contributed by atoms with Crippen molar-refractivity contribution >= 4 is 17.3 Å². The Morgan fingerprint density at radius 2 is 2.17 bits per heavy atom. The molecule has 1 heterocycles. The summed E-state index contributed by atoms with van der Waals surface area (Å²) < 4.78 is 5.51. The van der Waals surface area contributed by atoms with Gasteiger partial charge in [-0.1, -0.05) is 0 Å². The molecule has 0 amide bonds. The van der Waals surface area contributed by atoms with Crippen LogP contribution in [0.15, 0.2) is 42.7 Å². The SMILES string of the molecule is O=[N+]([O-])c1ccc(Oc2cccnc2)cc1CCl. The van der Waals surface area contributed by atoms with Crippen molar-refractivity contribution in [2.24, 2.45) is 0 Å². The molecular weight excluding hydrogens is 256 g/mol. The second-order valence-corrected chi connectivity index (χ2v) is 3.74. The van der Waals surface area contributed by atoms with Crippen molar-refractivity contribution < 1.29 is 9.66 Å². The van der Waals surface area contributed by atoms with E-state index in [4.69, 9.17) is 16.3 Å². The molecule has 92 valence electrons. The standard InChI is InChI=1S/C12H9ClN2O3/c13-7-9-6-10(3-4-12(9)15(16)17)18-11-2-1-5-14-8-11/h1-6,8H,7H2. The predicted molar refractivity (Wildman–Crippen MR) is 67.0 cm³/mol. The first-order valence-electron chi connectivity index (χ1n) is 5.12. The third-order valence-electron chi connectivity index (χ3n) is 2.26. The quantitative estimate of drug-likeness (QED) is 0.481. The van der Waals surface area contributed by atoms with E-state index in [9.17, 15) is 10.1 Å². The number of alkyl halides is 1. The lowest BCUT2D eigenvalue weighted by atomic mass is 10.2. The van der Waals surface area contributed by atoms with Gasteiger partial charge in [0, 0.05) is 17.8 Å². The zero-order valence-corrected chi connectivity index (χ0v) is 10.0. The summed E-state index contributed by atoms with van der Waals surface area (Å²) in [6.45, 7) is 0. The summed E-state index contributed by atoms with van der Waals surface area (Å²) in [5, 5.41) is 10.7. The first-order valence-corrected chi connectivity index (χ1v) is 5.65. The fourth-order valence-electron chi connectivity index (χ4n) is 1.45. The second-order valence-electron chi connectivity index (χ2n) is 3.47. The topological polar surface area (TPSA) is 65.3 Å². The molecule has 0 radical (unpaired) electrons. The van der Waals surface area contributed by atoms with Gasteiger partial charge in [0.15, 0.2) is 0 Å². The van der Waals surface area contributed by atoms with Crippen LogP contribution in [0.2, 0.25) is 0 Å². The van der Waals surface area contributed by atoms with Crippen molar-refractivity contribution in [3.8, 4) is 11.5 Å². The lowest BCUT2D eigenvalue weighted by Crippen LogP contribution is -1.94. The minimum atomic E-state index is -0.467. The molecule has 0 saturated carbocycles. The van der Waals surface area contributed by atoms with Gasteiger partial charge in [0.2, 0.25) is 0 Å². The number of aromatic nitrogens is 1. The third kappa shape index (κ3) is 2.75. The van der Waals surface area contributed by atoms with Gasteiger partial charge >= 0.3 is 0 Å². The van der Waals surface area contributed by atoms with Crippen LogP contribution >= 0.6 is 11.6 Å². The van der Waals surface area contributed by atoms with Crippen LogP contribution in [0, 0.1) is 10.1 Å². The van der Waals surface area contributed by atoms with Crippen LogP contribution < -0.4 is 4.74 Å². The predicted octanol–water partition coefficient (Wildman–Crippen LogP) is 3.52. The number of halogens is 1. The molecule has 1 aromatic carbocycles. The van der Waals surface area contributed by atoms with Crippen molar-refractivity contribution in [2.75, 3.05) is 0 Å². The molecule has 1 aromatic heterocycles. The molecule has 0 atom stereocenters. The van der Waals surface area contributed by atoms with Crippen LogP contribution in [0.25, 0.3) is 0 Å². The van der Waals surface area contributed by atoms with E-state index in [2.05, 4.69) is 4.98 Å². The van der Waals surface area contributed by atoms with E-state index in [1.165, 1.54) is 12.1 Å². The van der Waals surface area contributed by atoms with Crippen molar-refractivity contribution in [1.29, 1.82) is 0 Å². The van der Waals surface area contributed by atoms with Gasteiger partial charge in [0.05, 0.1) is 17.0 Å². The Morgan fingerprint density at radius 1 is 1.33 bits per heavy atom. The molecule has 5 nitrogen and oxygen atoms in total. The number of rotatable bonds is 4. The Hall–Kier alpha value is -2.14. The maximum Gasteiger partial charge on any atom is 0.274 e. The first kappa shape index (κ1) is 12.3. The number of hydrogen-bond donors (Lipinski definition) is 0. The maximum atomic E-state index is 10.7. The van der Waals surface area contributed by atoms with Crippen LogP contribution in [0.4, 0.5) is 5.69 Å². The fourth-order valence-corrected chi connectivity index (χ4v) is 1.67. The summed E-state index contributed by atoms with van der Waals surface area (Å²) in [6.07, 6.45) is 3.19. The number of nitrogens with zero attached hydrogens (tertiary/aromatic N) is 2. The molecule has 2 rings (SSSR count). The minimum Gasteiger partial charge on any atom is -0.456 e. The van der Waals surface area contributed by atoms with Crippen molar-refractivity contribution in [3.05, 3.63) is 58.4 Å². The summed E-state index contributed by atoms with van der Waals surface area (Å²) >= 11 is 5.68. The van der Waals surface area contributed by atoms with E-state index in [-0.39, 0.29) is 11.6 Å². The lowest BCUT2D eigenvalue weighted by Gasteiger charge is -2.06. The molecule has 2 aromatic rings. The summed E-state index contributed by atoms with van der Waals surface area (Å²) in [5.41, 5.74) is 0.409. The van der Waals surface area contributed by atoms with E-state index in [1.54, 1.807) is 30.6 Å². The van der Waals surface area contributed by atoms with Gasteiger partial charge < -0.3 is 4.74 Å². The summed E-state index contributed by atoms with van der Waals surface area (Å²) in [7, 11) is 0. The molecule has 0 aliphatic heterocycles. The molecule has 0 aliphatic carbocycles. The smallest absolute Gasteiger partial charge is 0.274 e. The average Bonchev–Trinajstić information content (AvgIpc) is 2.39. The van der Waals surface area contributed by atoms with E-state index in [1.807, 2.05) is 0 Å². The first-order chi connectivity index (χ1) is 8.70. The Morgan fingerprint density at radius 3 is 2.78 bits per heavy atom. The van der Waals surface area contributed by atoms with Gasteiger partial charge in [0.25, 0.3) is 5.69 Å². The molecule has 0 N–H and O–H groups in total. The maximum absolute atomic E-state index is 10.7. The van der Waals surface area contributed by atoms with Crippen LogP contribution in [-0.2, 0) is 5.88 Å². The minimum absolute atomic E-state index is 0.0106. The molecule has 0 aliphatic rings. The van der Waals surface area contributed by atoms with Crippen molar-refractivity contribution in [2.45, 2.75) is 5.88 Å². The highest BCUT2D eigenvalue weighted by molar-refractivity contribution is 6.17. The molecule has 0 saturated heterocycles. The summed E-state index contributed by atoms with van der Waals surface area (Å²) in [4.78, 5) is 14.2. The second kappa shape index (κ2) is 5.46. The molecule has 6 heteroatoms. The third-order valence-corrected chi connectivity index (χ3v) is 2.55. The number of hydrogen-bond acceptors (Lipinski definition) is 4. The van der Waals surface area contributed by atoms with Gasteiger partial charge in [-0.25, -0.2) is 0 Å². The molecule has 0 bridgehead atoms. The van der Waals surface area contributed by atoms with E-state index >= 15 is 0 Å². The van der Waals surface area contributed by atoms with Crippen molar-refractivity contribution in [3.63, 3.8) is 0 Å². The number of pyridine rings is 1. The van der Waals surface area contributed by atoms with Crippen LogP contribution in [0.3, 0.4) is 0 Å². The Kier molecular flexibility index (Phi) is 3.74. The van der Waals surface area contributed by atoms with Gasteiger partial charge in [-0.05, 0) is 24.3 Å². The number of benzene rings is 1. The van der Waals surface area contributed by atoms with Crippen molar-refractivity contribution in [1.82, 2.24) is 4.98 Å². The molecular formula is C12H9ClN2O3. The molecule has 0 spiro atoms. The van der Waals surface area contributed by atoms with Gasteiger partial charge in [-0.2, -0.15) is 0 Å². The Balaban J connectivity index is 2.28. The Labute approximate surface area is 108 Å². The summed E-state index contributed by atoms with van der Waals surface area (Å²) in [6, 6.07) is 7.95. The summed E-state index contributed by atoms with van der Waals surface area (Å²) in [5.74, 6) is 1.11. The number of nitro groups is 1. The largest absolute Gasteiger partial charge is 0.456 e. The zero-order valence-electron chi connectivity index (χ0n) is 9.25. The zero-order chi connectivity index (χ0) is 13.0. The lowest BCUT2D eigenvalue weighted by molar-refractivity contribution is -0.385. The monoisotopic (exact) mass is 264 g/mol. The number of ether oxygens (including phenoxy) is 1. The highest BCUT2D eigenvalue weighted by Gasteiger charge is 2.13. The van der Waals surface area contributed by atoms with Gasteiger partial charge in [-0.15, -0.1) is 11.6 Å². The van der Waals surface area contributed by atoms with Crippen LogP contribution in [0.1, 0.15) is 5.56 Å². The molecule has 18 heavy (non-hydrogen) atoms. The van der Waals surface area contributed by atoms with E-state index in [0.717, 1.165) is 0 Å². The average molecular weight is 265 g/mol. The van der Waals surface area contributed by atoms with Gasteiger partial charge in [-0.3, -0.25) is 15.1 Å². The highest BCUT2D eigenvalue weighted by Crippen LogP contribution is 2.28. The Bertz CT molecular complexity index is 561. The molecule has 0 unspecified atom stereocenters. The normalized spacial score (nSPS) is 10.1. The van der Waals surface area contributed by atoms with E-state index in [0.29, 0.717) is 17.1 Å². The van der Waals surface area contributed by atoms with Crippen LogP contribution in [0.5, 0.6) is 11.5 Å².